The van der Waals surface area contributed by atoms with Crippen molar-refractivity contribution in [1.82, 2.24) is 10.2 Å². The zero-order valence-electron chi connectivity index (χ0n) is 19.3. The Morgan fingerprint density at radius 2 is 1.79 bits per heavy atom. The highest BCUT2D eigenvalue weighted by Gasteiger charge is 2.29. The Morgan fingerprint density at radius 3 is 2.39 bits per heavy atom. The summed E-state index contributed by atoms with van der Waals surface area (Å²) in [6.45, 7) is 6.63. The molecule has 0 aliphatic heterocycles. The molecule has 180 valence electrons. The third-order valence-electron chi connectivity index (χ3n) is 5.31. The molecule has 2 aromatic rings. The molecule has 0 bridgehead atoms. The summed E-state index contributed by atoms with van der Waals surface area (Å²) in [7, 11) is 0. The number of rotatable bonds is 12. The number of unbranched alkanes of at least 4 members (excludes halogenated alkanes) is 1. The molecule has 2 aromatic carbocycles. The molecule has 0 radical (unpaired) electrons. The van der Waals surface area contributed by atoms with Crippen molar-refractivity contribution in [2.24, 2.45) is 0 Å². The van der Waals surface area contributed by atoms with Crippen molar-refractivity contribution in [3.8, 4) is 5.75 Å². The van der Waals surface area contributed by atoms with Gasteiger partial charge < -0.3 is 15.0 Å². The molecule has 2 amide bonds. The summed E-state index contributed by atoms with van der Waals surface area (Å²) in [6, 6.07) is 10.4. The Hall–Kier alpha value is -1.76. The zero-order valence-corrected chi connectivity index (χ0v) is 22.4. The minimum Gasteiger partial charge on any atom is -0.483 e. The standard InChI is InChI=1S/C25H31BrCl2N2O3/c1-4-7-12-29-25(32)22(6-3)30(15-18-8-10-20(27)21(28)14-18)24(31)16-33-23-11-9-17(5-2)13-19(23)26/h8-11,13-14,22H,4-7,12,15-16H2,1-3H3,(H,29,32). The molecular formula is C25H31BrCl2N2O3. The predicted octanol–water partition coefficient (Wildman–Crippen LogP) is 6.42. The number of nitrogens with zero attached hydrogens (tertiary/aromatic N) is 1. The summed E-state index contributed by atoms with van der Waals surface area (Å²) >= 11 is 15.7. The monoisotopic (exact) mass is 556 g/mol. The van der Waals surface area contributed by atoms with E-state index in [0.717, 1.165) is 34.9 Å². The lowest BCUT2D eigenvalue weighted by Crippen LogP contribution is -2.50. The highest BCUT2D eigenvalue weighted by Crippen LogP contribution is 2.27. The van der Waals surface area contributed by atoms with Gasteiger partial charge in [-0.3, -0.25) is 9.59 Å². The van der Waals surface area contributed by atoms with Crippen molar-refractivity contribution >= 4 is 50.9 Å². The number of carbonyl (C=O) groups is 2. The molecule has 0 spiro atoms. The topological polar surface area (TPSA) is 58.6 Å². The van der Waals surface area contributed by atoms with Crippen LogP contribution < -0.4 is 10.1 Å². The van der Waals surface area contributed by atoms with Crippen LogP contribution in [0.1, 0.15) is 51.2 Å². The molecule has 2 rings (SSSR count). The molecule has 0 aliphatic rings. The summed E-state index contributed by atoms with van der Waals surface area (Å²) in [4.78, 5) is 27.7. The van der Waals surface area contributed by atoms with Crippen LogP contribution in [-0.2, 0) is 22.6 Å². The van der Waals surface area contributed by atoms with Crippen LogP contribution in [-0.4, -0.2) is 35.9 Å². The van der Waals surface area contributed by atoms with Crippen LogP contribution in [0.25, 0.3) is 0 Å². The first-order chi connectivity index (χ1) is 15.8. The van der Waals surface area contributed by atoms with Crippen LogP contribution in [0.2, 0.25) is 10.0 Å². The van der Waals surface area contributed by atoms with Gasteiger partial charge in [0.2, 0.25) is 5.91 Å². The lowest BCUT2D eigenvalue weighted by molar-refractivity contribution is -0.143. The average molecular weight is 558 g/mol. The van der Waals surface area contributed by atoms with Gasteiger partial charge in [-0.1, -0.05) is 62.5 Å². The first-order valence-electron chi connectivity index (χ1n) is 11.2. The zero-order chi connectivity index (χ0) is 24.4. The highest BCUT2D eigenvalue weighted by molar-refractivity contribution is 9.10. The van der Waals surface area contributed by atoms with Crippen LogP contribution in [0.4, 0.5) is 0 Å². The molecule has 1 atom stereocenters. The van der Waals surface area contributed by atoms with E-state index in [-0.39, 0.29) is 25.0 Å². The van der Waals surface area contributed by atoms with Crippen molar-refractivity contribution < 1.29 is 14.3 Å². The second-order valence-corrected chi connectivity index (χ2v) is 9.41. The largest absolute Gasteiger partial charge is 0.483 e. The molecule has 5 nitrogen and oxygen atoms in total. The molecule has 33 heavy (non-hydrogen) atoms. The Labute approximate surface area is 214 Å². The molecule has 0 heterocycles. The van der Waals surface area contributed by atoms with E-state index in [4.69, 9.17) is 27.9 Å². The molecule has 1 unspecified atom stereocenters. The molecule has 0 saturated heterocycles. The van der Waals surface area contributed by atoms with Crippen molar-refractivity contribution in [2.75, 3.05) is 13.2 Å². The van der Waals surface area contributed by atoms with Crippen LogP contribution in [0, 0.1) is 0 Å². The highest BCUT2D eigenvalue weighted by atomic mass is 79.9. The summed E-state index contributed by atoms with van der Waals surface area (Å²) in [5, 5.41) is 3.78. The van der Waals surface area contributed by atoms with E-state index < -0.39 is 6.04 Å². The quantitative estimate of drug-likeness (QED) is 0.306. The number of hydrogen-bond acceptors (Lipinski definition) is 3. The maximum atomic E-state index is 13.3. The minimum atomic E-state index is -0.627. The van der Waals surface area contributed by atoms with Gasteiger partial charge in [-0.15, -0.1) is 0 Å². The van der Waals surface area contributed by atoms with Crippen molar-refractivity contribution in [3.63, 3.8) is 0 Å². The molecule has 0 fully saturated rings. The Bertz CT molecular complexity index is 955. The Balaban J connectivity index is 2.22. The van der Waals surface area contributed by atoms with E-state index in [1.165, 1.54) is 0 Å². The smallest absolute Gasteiger partial charge is 0.261 e. The third kappa shape index (κ3) is 8.20. The average Bonchev–Trinajstić information content (AvgIpc) is 2.80. The first kappa shape index (κ1) is 27.5. The van der Waals surface area contributed by atoms with Gasteiger partial charge in [0.15, 0.2) is 6.61 Å². The fraction of sp³-hybridized carbons (Fsp3) is 0.440. The van der Waals surface area contributed by atoms with Gasteiger partial charge in [-0.2, -0.15) is 0 Å². The van der Waals surface area contributed by atoms with Crippen molar-refractivity contribution in [3.05, 3.63) is 62.0 Å². The van der Waals surface area contributed by atoms with E-state index in [9.17, 15) is 9.59 Å². The number of ether oxygens (including phenoxy) is 1. The number of aryl methyl sites for hydroxylation is 1. The second-order valence-electron chi connectivity index (χ2n) is 7.75. The van der Waals surface area contributed by atoms with Crippen LogP contribution in [0.3, 0.4) is 0 Å². The van der Waals surface area contributed by atoms with E-state index in [0.29, 0.717) is 28.8 Å². The maximum absolute atomic E-state index is 13.3. The predicted molar refractivity (Wildman–Crippen MR) is 138 cm³/mol. The number of halogens is 3. The molecule has 0 aliphatic carbocycles. The SMILES string of the molecule is CCCCNC(=O)C(CC)N(Cc1ccc(Cl)c(Cl)c1)C(=O)COc1ccc(CC)cc1Br. The summed E-state index contributed by atoms with van der Waals surface area (Å²) in [5.74, 6) is 0.119. The Kier molecular flexibility index (Phi) is 11.5. The second kappa shape index (κ2) is 13.8. The van der Waals surface area contributed by atoms with Crippen molar-refractivity contribution in [2.45, 2.75) is 59.0 Å². The lowest BCUT2D eigenvalue weighted by atomic mass is 10.1. The lowest BCUT2D eigenvalue weighted by Gasteiger charge is -2.30. The van der Waals surface area contributed by atoms with E-state index >= 15 is 0 Å². The summed E-state index contributed by atoms with van der Waals surface area (Å²) in [6.07, 6.45) is 3.23. The number of carbonyl (C=O) groups excluding carboxylic acids is 2. The molecular weight excluding hydrogens is 527 g/mol. The Morgan fingerprint density at radius 1 is 1.06 bits per heavy atom. The van der Waals surface area contributed by atoms with Crippen LogP contribution >= 0.6 is 39.1 Å². The van der Waals surface area contributed by atoms with Gasteiger partial charge in [0.1, 0.15) is 11.8 Å². The number of hydrogen-bond donors (Lipinski definition) is 1. The number of nitrogens with one attached hydrogen (secondary N) is 1. The van der Waals surface area contributed by atoms with Crippen molar-refractivity contribution in [1.29, 1.82) is 0 Å². The van der Waals surface area contributed by atoms with E-state index in [1.807, 2.05) is 25.1 Å². The maximum Gasteiger partial charge on any atom is 0.261 e. The van der Waals surface area contributed by atoms with Gasteiger partial charge >= 0.3 is 0 Å². The first-order valence-corrected chi connectivity index (χ1v) is 12.8. The van der Waals surface area contributed by atoms with Gasteiger partial charge in [-0.25, -0.2) is 0 Å². The van der Waals surface area contributed by atoms with Gasteiger partial charge in [-0.05, 0) is 70.6 Å². The van der Waals surface area contributed by atoms with Gasteiger partial charge in [0.25, 0.3) is 5.91 Å². The summed E-state index contributed by atoms with van der Waals surface area (Å²) in [5.41, 5.74) is 1.95. The van der Waals surface area contributed by atoms with Gasteiger partial charge in [0.05, 0.1) is 14.5 Å². The van der Waals surface area contributed by atoms with Crippen LogP contribution in [0.5, 0.6) is 5.75 Å². The van der Waals surface area contributed by atoms with E-state index in [1.54, 1.807) is 23.1 Å². The van der Waals surface area contributed by atoms with Crippen LogP contribution in [0.15, 0.2) is 40.9 Å². The number of amides is 2. The molecule has 8 heteroatoms. The minimum absolute atomic E-state index is 0.173. The fourth-order valence-corrected chi connectivity index (χ4v) is 4.23. The molecule has 0 saturated carbocycles. The molecule has 0 aromatic heterocycles. The molecule has 1 N–H and O–H groups in total. The summed E-state index contributed by atoms with van der Waals surface area (Å²) < 4.78 is 6.60. The van der Waals surface area contributed by atoms with Gasteiger partial charge in [0, 0.05) is 13.1 Å². The van der Waals surface area contributed by atoms with E-state index in [2.05, 4.69) is 35.1 Å². The third-order valence-corrected chi connectivity index (χ3v) is 6.67. The normalized spacial score (nSPS) is 11.7. The fourth-order valence-electron chi connectivity index (χ4n) is 3.36. The number of benzene rings is 2.